The number of carbonyl (C=O) groups is 1. The van der Waals surface area contributed by atoms with Crippen molar-refractivity contribution in [1.82, 2.24) is 4.98 Å². The van der Waals surface area contributed by atoms with Gasteiger partial charge in [0, 0.05) is 28.0 Å². The number of rotatable bonds is 2. The molecule has 0 aliphatic rings. The number of pyridine rings is 1. The lowest BCUT2D eigenvalue weighted by Gasteiger charge is -2.03. The van der Waals surface area contributed by atoms with Crippen molar-refractivity contribution in [3.63, 3.8) is 0 Å². The monoisotopic (exact) mass is 245 g/mol. The molecule has 1 aromatic carbocycles. The molecule has 0 aliphatic heterocycles. The molecule has 1 aromatic heterocycles. The van der Waals surface area contributed by atoms with Crippen LogP contribution in [-0.2, 0) is 0 Å². The Labute approximate surface area is 105 Å². The van der Waals surface area contributed by atoms with Crippen LogP contribution in [-0.4, -0.2) is 10.8 Å². The number of hydrogen-bond acceptors (Lipinski definition) is 2. The van der Waals surface area contributed by atoms with E-state index in [1.54, 1.807) is 30.5 Å². The Balaban J connectivity index is 2.37. The van der Waals surface area contributed by atoms with Crippen LogP contribution in [0.4, 0.5) is 0 Å². The molecule has 2 nitrogen and oxygen atoms in total. The zero-order chi connectivity index (χ0) is 12.4. The topological polar surface area (TPSA) is 30.0 Å². The van der Waals surface area contributed by atoms with Gasteiger partial charge in [-0.1, -0.05) is 11.6 Å². The van der Waals surface area contributed by atoms with E-state index in [1.807, 2.05) is 19.9 Å². The molecular weight excluding hydrogens is 234 g/mol. The van der Waals surface area contributed by atoms with E-state index in [2.05, 4.69) is 4.98 Å². The fourth-order valence-electron chi connectivity index (χ4n) is 1.55. The number of aromatic nitrogens is 1. The van der Waals surface area contributed by atoms with Crippen molar-refractivity contribution in [2.45, 2.75) is 13.8 Å². The van der Waals surface area contributed by atoms with E-state index >= 15 is 0 Å². The molecule has 2 rings (SSSR count). The lowest BCUT2D eigenvalue weighted by atomic mass is 10.0. The predicted octanol–water partition coefficient (Wildman–Crippen LogP) is 3.58. The van der Waals surface area contributed by atoms with Gasteiger partial charge in [-0.2, -0.15) is 0 Å². The summed E-state index contributed by atoms with van der Waals surface area (Å²) in [6.07, 6.45) is 1.60. The van der Waals surface area contributed by atoms with Crippen LogP contribution in [0.2, 0.25) is 5.02 Å². The number of nitrogens with zero attached hydrogens (tertiary/aromatic N) is 1. The van der Waals surface area contributed by atoms with Gasteiger partial charge in [0.1, 0.15) is 0 Å². The summed E-state index contributed by atoms with van der Waals surface area (Å²) in [7, 11) is 0. The summed E-state index contributed by atoms with van der Waals surface area (Å²) in [5.74, 6) is -0.0303. The van der Waals surface area contributed by atoms with Crippen LogP contribution in [0.1, 0.15) is 27.2 Å². The molecule has 0 saturated carbocycles. The number of aryl methyl sites for hydroxylation is 2. The minimum atomic E-state index is -0.0303. The fraction of sp³-hybridized carbons (Fsp3) is 0.143. The van der Waals surface area contributed by atoms with Crippen molar-refractivity contribution in [3.8, 4) is 0 Å². The van der Waals surface area contributed by atoms with E-state index in [-0.39, 0.29) is 5.78 Å². The van der Waals surface area contributed by atoms with E-state index in [0.29, 0.717) is 16.1 Å². The smallest absolute Gasteiger partial charge is 0.194 e. The number of benzene rings is 1. The second-order valence-corrected chi connectivity index (χ2v) is 4.39. The zero-order valence-electron chi connectivity index (χ0n) is 9.70. The highest BCUT2D eigenvalue weighted by atomic mass is 35.5. The van der Waals surface area contributed by atoms with Crippen LogP contribution in [0, 0.1) is 13.8 Å². The van der Waals surface area contributed by atoms with Crippen molar-refractivity contribution in [3.05, 3.63) is 63.9 Å². The van der Waals surface area contributed by atoms with Crippen LogP contribution in [0.15, 0.2) is 36.5 Å². The maximum atomic E-state index is 12.1. The largest absolute Gasteiger partial charge is 0.289 e. The van der Waals surface area contributed by atoms with Gasteiger partial charge in [0.15, 0.2) is 5.78 Å². The second-order valence-electron chi connectivity index (χ2n) is 3.98. The molecular formula is C14H12ClNO. The van der Waals surface area contributed by atoms with Crippen molar-refractivity contribution in [2.24, 2.45) is 0 Å². The molecule has 0 saturated heterocycles. The van der Waals surface area contributed by atoms with Crippen LogP contribution in [0.5, 0.6) is 0 Å². The van der Waals surface area contributed by atoms with Crippen molar-refractivity contribution >= 4 is 17.4 Å². The quantitative estimate of drug-likeness (QED) is 0.757. The molecule has 86 valence electrons. The number of carbonyl (C=O) groups excluding carboxylic acids is 1. The maximum absolute atomic E-state index is 12.1. The molecule has 0 unspecified atom stereocenters. The highest BCUT2D eigenvalue weighted by molar-refractivity contribution is 6.31. The van der Waals surface area contributed by atoms with Gasteiger partial charge in [0.25, 0.3) is 0 Å². The van der Waals surface area contributed by atoms with E-state index in [0.717, 1.165) is 11.3 Å². The Kier molecular flexibility index (Phi) is 3.25. The number of halogens is 1. The molecule has 3 heteroatoms. The van der Waals surface area contributed by atoms with Gasteiger partial charge in [-0.25, -0.2) is 0 Å². The van der Waals surface area contributed by atoms with Crippen molar-refractivity contribution < 1.29 is 4.79 Å². The molecule has 0 aliphatic carbocycles. The molecule has 2 aromatic rings. The average molecular weight is 246 g/mol. The highest BCUT2D eigenvalue weighted by Crippen LogP contribution is 2.18. The zero-order valence-corrected chi connectivity index (χ0v) is 10.5. The van der Waals surface area contributed by atoms with Gasteiger partial charge in [-0.05, 0) is 49.7 Å². The van der Waals surface area contributed by atoms with E-state index in [1.165, 1.54) is 0 Å². The average Bonchev–Trinajstić information content (AvgIpc) is 2.33. The molecule has 0 bridgehead atoms. The van der Waals surface area contributed by atoms with Gasteiger partial charge < -0.3 is 0 Å². The van der Waals surface area contributed by atoms with Gasteiger partial charge in [-0.3, -0.25) is 9.78 Å². The first-order valence-corrected chi connectivity index (χ1v) is 5.69. The van der Waals surface area contributed by atoms with Crippen LogP contribution < -0.4 is 0 Å². The summed E-state index contributed by atoms with van der Waals surface area (Å²) in [6.45, 7) is 3.77. The molecule has 1 heterocycles. The summed E-state index contributed by atoms with van der Waals surface area (Å²) in [4.78, 5) is 16.3. The van der Waals surface area contributed by atoms with Gasteiger partial charge in [-0.15, -0.1) is 0 Å². The lowest BCUT2D eigenvalue weighted by molar-refractivity contribution is 0.103. The van der Waals surface area contributed by atoms with Gasteiger partial charge in [0.2, 0.25) is 0 Å². The molecule has 0 spiro atoms. The van der Waals surface area contributed by atoms with Crippen molar-refractivity contribution in [1.29, 1.82) is 0 Å². The van der Waals surface area contributed by atoms with E-state index < -0.39 is 0 Å². The number of ketones is 1. The molecule has 0 radical (unpaired) electrons. The first-order chi connectivity index (χ1) is 8.08. The van der Waals surface area contributed by atoms with E-state index in [4.69, 9.17) is 11.6 Å². The second kappa shape index (κ2) is 4.68. The van der Waals surface area contributed by atoms with Crippen LogP contribution >= 0.6 is 11.6 Å². The van der Waals surface area contributed by atoms with E-state index in [9.17, 15) is 4.79 Å². The Bertz CT molecular complexity index is 561. The SMILES string of the molecule is Cc1ccc(C(=O)c2ccc(Cl)c(C)c2)cn1. The summed E-state index contributed by atoms with van der Waals surface area (Å²) < 4.78 is 0. The Morgan fingerprint density at radius 2 is 1.82 bits per heavy atom. The molecule has 17 heavy (non-hydrogen) atoms. The molecule has 0 fully saturated rings. The molecule has 0 amide bonds. The lowest BCUT2D eigenvalue weighted by Crippen LogP contribution is -2.02. The number of hydrogen-bond donors (Lipinski definition) is 0. The van der Waals surface area contributed by atoms with Crippen molar-refractivity contribution in [2.75, 3.05) is 0 Å². The first-order valence-electron chi connectivity index (χ1n) is 5.31. The molecule has 0 N–H and O–H groups in total. The Morgan fingerprint density at radius 3 is 2.41 bits per heavy atom. The summed E-state index contributed by atoms with van der Waals surface area (Å²) in [5.41, 5.74) is 3.03. The standard InChI is InChI=1S/C14H12ClNO/c1-9-7-11(5-6-13(9)15)14(17)12-4-3-10(2)16-8-12/h3-8H,1-2H3. The minimum absolute atomic E-state index is 0.0303. The van der Waals surface area contributed by atoms with Crippen LogP contribution in [0.25, 0.3) is 0 Å². The third kappa shape index (κ3) is 2.53. The van der Waals surface area contributed by atoms with Gasteiger partial charge in [0.05, 0.1) is 0 Å². The third-order valence-electron chi connectivity index (χ3n) is 2.59. The Morgan fingerprint density at radius 1 is 1.12 bits per heavy atom. The summed E-state index contributed by atoms with van der Waals surface area (Å²) in [6, 6.07) is 8.89. The fourth-order valence-corrected chi connectivity index (χ4v) is 1.67. The Hall–Kier alpha value is -1.67. The normalized spacial score (nSPS) is 10.3. The third-order valence-corrected chi connectivity index (χ3v) is 3.02. The summed E-state index contributed by atoms with van der Waals surface area (Å²) >= 11 is 5.93. The van der Waals surface area contributed by atoms with Gasteiger partial charge >= 0.3 is 0 Å². The maximum Gasteiger partial charge on any atom is 0.194 e. The predicted molar refractivity (Wildman–Crippen MR) is 68.6 cm³/mol. The first kappa shape index (κ1) is 11.8. The molecule has 0 atom stereocenters. The van der Waals surface area contributed by atoms with Crippen LogP contribution in [0.3, 0.4) is 0 Å². The highest BCUT2D eigenvalue weighted by Gasteiger charge is 2.10. The minimum Gasteiger partial charge on any atom is -0.289 e. The summed E-state index contributed by atoms with van der Waals surface area (Å²) in [5, 5.41) is 0.670.